The molecule has 33 heavy (non-hydrogen) atoms. The highest BCUT2D eigenvalue weighted by atomic mass is 32.2. The largest absolute Gasteiger partial charge is 0.477 e. The number of aryl methyl sites for hydroxylation is 2. The van der Waals surface area contributed by atoms with Crippen molar-refractivity contribution in [2.45, 2.75) is 62.8 Å². The van der Waals surface area contributed by atoms with Crippen LogP contribution in [-0.2, 0) is 46.9 Å². The molecule has 3 aliphatic rings. The van der Waals surface area contributed by atoms with Crippen LogP contribution in [0.2, 0.25) is 0 Å². The summed E-state index contributed by atoms with van der Waals surface area (Å²) in [7, 11) is -1.82. The summed E-state index contributed by atoms with van der Waals surface area (Å²) in [5.41, 5.74) is 5.84. The molecule has 0 spiro atoms. The number of nitrogens with zero attached hydrogens (tertiary/aromatic N) is 3. The Morgan fingerprint density at radius 2 is 2.03 bits per heavy atom. The van der Waals surface area contributed by atoms with Crippen LogP contribution in [0.25, 0.3) is 0 Å². The second-order valence-corrected chi connectivity index (χ2v) is 10.9. The molecular formula is C23H31N5O4S. The monoisotopic (exact) mass is 473 g/mol. The molecule has 0 saturated heterocycles. The molecule has 1 aromatic carbocycles. The summed E-state index contributed by atoms with van der Waals surface area (Å²) in [6, 6.07) is 1.60. The number of methoxy groups -OCH3 is 1. The molecule has 1 aromatic heterocycles. The molecule has 178 valence electrons. The number of hydrogen-bond donors (Lipinski definition) is 2. The third kappa shape index (κ3) is 4.39. The minimum absolute atomic E-state index is 0.163. The van der Waals surface area contributed by atoms with Crippen molar-refractivity contribution in [3.63, 3.8) is 0 Å². The Kier molecular flexibility index (Phi) is 6.15. The smallest absolute Gasteiger partial charge is 0.354 e. The van der Waals surface area contributed by atoms with E-state index in [2.05, 4.69) is 20.8 Å². The zero-order chi connectivity index (χ0) is 23.0. The summed E-state index contributed by atoms with van der Waals surface area (Å²) in [5.74, 6) is 0.625. The van der Waals surface area contributed by atoms with Crippen molar-refractivity contribution in [2.24, 2.45) is 15.4 Å². The van der Waals surface area contributed by atoms with Crippen LogP contribution >= 0.6 is 0 Å². The molecular weight excluding hydrogens is 442 g/mol. The number of nitrogens with two attached hydrogens (primary N) is 1. The van der Waals surface area contributed by atoms with E-state index in [1.165, 1.54) is 28.5 Å². The van der Waals surface area contributed by atoms with E-state index in [9.17, 15) is 9.00 Å². The quantitative estimate of drug-likeness (QED) is 0.624. The first-order valence-electron chi connectivity index (χ1n) is 11.7. The van der Waals surface area contributed by atoms with E-state index in [0.717, 1.165) is 57.1 Å². The third-order valence-corrected chi connectivity index (χ3v) is 8.19. The highest BCUT2D eigenvalue weighted by Crippen LogP contribution is 2.39. The molecule has 10 heteroatoms. The highest BCUT2D eigenvalue weighted by Gasteiger charge is 2.29. The topological polar surface area (TPSA) is 121 Å². The zero-order valence-corrected chi connectivity index (χ0v) is 19.8. The van der Waals surface area contributed by atoms with Gasteiger partial charge in [-0.05, 0) is 73.6 Å². The average molecular weight is 474 g/mol. The molecule has 1 aliphatic heterocycles. The first kappa shape index (κ1) is 22.4. The Balaban J connectivity index is 1.36. The number of nitrogens with one attached hydrogen (secondary N) is 1. The van der Waals surface area contributed by atoms with Crippen molar-refractivity contribution in [1.29, 1.82) is 0 Å². The molecule has 3 N–H and O–H groups in total. The number of urea groups is 1. The van der Waals surface area contributed by atoms with Gasteiger partial charge in [-0.2, -0.15) is 5.10 Å². The van der Waals surface area contributed by atoms with E-state index in [1.54, 1.807) is 11.8 Å². The molecule has 0 fully saturated rings. The van der Waals surface area contributed by atoms with Gasteiger partial charge in [0.1, 0.15) is 4.90 Å². The summed E-state index contributed by atoms with van der Waals surface area (Å²) in [4.78, 5) is 13.0. The van der Waals surface area contributed by atoms with E-state index in [0.29, 0.717) is 25.6 Å². The molecule has 2 aromatic rings. The van der Waals surface area contributed by atoms with Gasteiger partial charge < -0.3 is 14.8 Å². The van der Waals surface area contributed by atoms with Gasteiger partial charge >= 0.3 is 6.03 Å². The van der Waals surface area contributed by atoms with E-state index >= 15 is 0 Å². The second-order valence-electron chi connectivity index (χ2n) is 9.13. The maximum absolute atomic E-state index is 13.3. The number of fused-ring (bicyclic) bond motifs is 3. The van der Waals surface area contributed by atoms with Crippen molar-refractivity contribution < 1.29 is 18.5 Å². The molecule has 5 rings (SSSR count). The molecule has 0 saturated carbocycles. The zero-order valence-electron chi connectivity index (χ0n) is 19.0. The first-order valence-corrected chi connectivity index (χ1v) is 13.2. The predicted molar refractivity (Wildman–Crippen MR) is 125 cm³/mol. The Morgan fingerprint density at radius 1 is 1.30 bits per heavy atom. The molecule has 2 aliphatic carbocycles. The Hall–Kier alpha value is -2.43. The van der Waals surface area contributed by atoms with Crippen LogP contribution in [0.5, 0.6) is 5.88 Å². The van der Waals surface area contributed by atoms with Gasteiger partial charge in [-0.15, -0.1) is 4.36 Å². The van der Waals surface area contributed by atoms with Crippen molar-refractivity contribution >= 4 is 21.6 Å². The Morgan fingerprint density at radius 3 is 2.73 bits per heavy atom. The molecule has 2 heterocycles. The fourth-order valence-electron chi connectivity index (χ4n) is 5.29. The van der Waals surface area contributed by atoms with E-state index in [-0.39, 0.29) is 10.8 Å². The predicted octanol–water partition coefficient (Wildman–Crippen LogP) is 3.23. The lowest BCUT2D eigenvalue weighted by Gasteiger charge is -2.24. The van der Waals surface area contributed by atoms with Crippen LogP contribution in [0.3, 0.4) is 0 Å². The third-order valence-electron chi connectivity index (χ3n) is 6.85. The van der Waals surface area contributed by atoms with Crippen molar-refractivity contribution in [2.75, 3.05) is 25.6 Å². The van der Waals surface area contributed by atoms with Crippen molar-refractivity contribution in [3.8, 4) is 5.88 Å². The average Bonchev–Trinajstić information content (AvgIpc) is 3.52. The number of ether oxygens (including phenoxy) is 2. The van der Waals surface area contributed by atoms with Crippen LogP contribution in [0.4, 0.5) is 10.5 Å². The molecule has 1 unspecified atom stereocenters. The first-order chi connectivity index (χ1) is 16.0. The Bertz CT molecular complexity index is 1170. The number of rotatable bonds is 6. The number of carbonyl (C=O) groups is 1. The van der Waals surface area contributed by atoms with Gasteiger partial charge in [-0.25, -0.2) is 18.8 Å². The van der Waals surface area contributed by atoms with E-state index < -0.39 is 15.9 Å². The molecule has 0 radical (unpaired) electrons. The van der Waals surface area contributed by atoms with Gasteiger partial charge in [0.05, 0.1) is 19.3 Å². The lowest BCUT2D eigenvalue weighted by Crippen LogP contribution is -2.27. The fraction of sp³-hybridized carbons (Fsp3) is 0.565. The summed E-state index contributed by atoms with van der Waals surface area (Å²) >= 11 is 0. The van der Waals surface area contributed by atoms with Gasteiger partial charge in [0.25, 0.3) is 0 Å². The number of aromatic nitrogens is 2. The standard InChI is InChI=1S/C23H31N5O4S/c1-31-10-4-5-15-13-28-22(32-14-15)20(12-25-28)33(24,30)27-23(29)26-21-18-8-2-6-16(18)11-17-7-3-9-19(17)21/h11-12,15H,2-10,13-14H2,1H3,(H3,24,26,27,29,30)/t15-,33?/m0/s1. The lowest BCUT2D eigenvalue weighted by atomic mass is 9.99. The summed E-state index contributed by atoms with van der Waals surface area (Å²) in [6.45, 7) is 1.82. The van der Waals surface area contributed by atoms with Crippen LogP contribution in [0, 0.1) is 5.92 Å². The van der Waals surface area contributed by atoms with Gasteiger partial charge in [0.15, 0.2) is 9.92 Å². The number of amides is 2. The van der Waals surface area contributed by atoms with Crippen molar-refractivity contribution in [1.82, 2.24) is 9.78 Å². The summed E-state index contributed by atoms with van der Waals surface area (Å²) in [5, 5.41) is 13.3. The minimum atomic E-state index is -3.51. The lowest BCUT2D eigenvalue weighted by molar-refractivity contribution is 0.135. The molecule has 9 nitrogen and oxygen atoms in total. The van der Waals surface area contributed by atoms with Crippen LogP contribution in [0.1, 0.15) is 47.9 Å². The number of benzene rings is 1. The molecule has 0 bridgehead atoms. The minimum Gasteiger partial charge on any atom is -0.477 e. The number of anilines is 1. The maximum atomic E-state index is 13.3. The normalized spacial score (nSPS) is 20.4. The van der Waals surface area contributed by atoms with Gasteiger partial charge in [-0.1, -0.05) is 6.07 Å². The molecule has 2 atom stereocenters. The van der Waals surface area contributed by atoms with Crippen LogP contribution in [0.15, 0.2) is 21.5 Å². The maximum Gasteiger partial charge on any atom is 0.354 e. The summed E-state index contributed by atoms with van der Waals surface area (Å²) in [6.07, 6.45) is 9.38. The van der Waals surface area contributed by atoms with Gasteiger partial charge in [-0.3, -0.25) is 0 Å². The highest BCUT2D eigenvalue weighted by molar-refractivity contribution is 7.91. The number of hydrogen-bond acceptors (Lipinski definition) is 5. The fourth-order valence-corrected chi connectivity index (χ4v) is 6.29. The van der Waals surface area contributed by atoms with Crippen LogP contribution < -0.4 is 15.2 Å². The van der Waals surface area contributed by atoms with E-state index in [4.69, 9.17) is 14.6 Å². The Labute approximate surface area is 194 Å². The second kappa shape index (κ2) is 9.08. The van der Waals surface area contributed by atoms with Crippen LogP contribution in [-0.4, -0.2) is 40.3 Å². The van der Waals surface area contributed by atoms with Crippen molar-refractivity contribution in [3.05, 3.63) is 34.5 Å². The SMILES string of the molecule is COCCC[C@@H]1COc2c(S(N)(=O)=NC(=O)Nc3c4c(cc5c3CCC5)CCC4)cnn2C1. The van der Waals surface area contributed by atoms with Gasteiger partial charge in [0, 0.05) is 25.3 Å². The number of carbonyl (C=O) groups excluding carboxylic acids is 1. The van der Waals surface area contributed by atoms with E-state index in [1.807, 2.05) is 0 Å². The molecule has 2 amide bonds. The summed E-state index contributed by atoms with van der Waals surface area (Å²) < 4.78 is 29.8. The van der Waals surface area contributed by atoms with Gasteiger partial charge in [0.2, 0.25) is 5.88 Å².